The lowest BCUT2D eigenvalue weighted by Gasteiger charge is -2.12. The van der Waals surface area contributed by atoms with Gasteiger partial charge in [0.1, 0.15) is 12.0 Å². The highest BCUT2D eigenvalue weighted by molar-refractivity contribution is 14.1. The SMILES string of the molecule is CC(C)c1nc2ccc(Br)cc2c(=O)n1N=Cc1cc(I)c(Oc2ccc([N+](=O)[O-])cn2)c(I)c1. The number of nitrogens with zero attached hydrogens (tertiary/aromatic N) is 5. The number of benzene rings is 2. The molecule has 0 atom stereocenters. The number of aromatic nitrogens is 3. The molecule has 2 heterocycles. The molecule has 4 rings (SSSR count). The Kier molecular flexibility index (Phi) is 7.80. The first-order valence-corrected chi connectivity index (χ1v) is 13.1. The fourth-order valence-corrected chi connectivity index (χ4v) is 5.57. The Balaban J connectivity index is 1.68. The molecule has 0 bridgehead atoms. The third-order valence-electron chi connectivity index (χ3n) is 4.83. The first-order valence-electron chi connectivity index (χ1n) is 10.2. The van der Waals surface area contributed by atoms with E-state index >= 15 is 0 Å². The van der Waals surface area contributed by atoms with E-state index in [-0.39, 0.29) is 23.0 Å². The summed E-state index contributed by atoms with van der Waals surface area (Å²) in [5.41, 5.74) is 1.03. The van der Waals surface area contributed by atoms with Crippen molar-refractivity contribution in [3.8, 4) is 11.6 Å². The van der Waals surface area contributed by atoms with Crippen LogP contribution in [0.1, 0.15) is 31.2 Å². The van der Waals surface area contributed by atoms with Gasteiger partial charge in [-0.25, -0.2) is 9.97 Å². The van der Waals surface area contributed by atoms with Gasteiger partial charge in [0.25, 0.3) is 11.2 Å². The van der Waals surface area contributed by atoms with Gasteiger partial charge in [-0.05, 0) is 81.1 Å². The van der Waals surface area contributed by atoms with Gasteiger partial charge < -0.3 is 4.74 Å². The lowest BCUT2D eigenvalue weighted by molar-refractivity contribution is -0.385. The van der Waals surface area contributed by atoms with Gasteiger partial charge in [-0.1, -0.05) is 29.8 Å². The van der Waals surface area contributed by atoms with E-state index in [0.29, 0.717) is 22.5 Å². The van der Waals surface area contributed by atoms with Crippen molar-refractivity contribution < 1.29 is 9.66 Å². The van der Waals surface area contributed by atoms with Crippen molar-refractivity contribution in [1.82, 2.24) is 14.6 Å². The fourth-order valence-electron chi connectivity index (χ4n) is 3.17. The van der Waals surface area contributed by atoms with Crippen LogP contribution in [0, 0.1) is 17.3 Å². The van der Waals surface area contributed by atoms with Crippen LogP contribution in [0.15, 0.2) is 63.0 Å². The number of ether oxygens (including phenoxy) is 1. The standard InChI is InChI=1S/C23H16BrI2N5O4/c1-12(2)22-29-19-5-3-14(24)9-16(19)23(32)30(22)28-10-13-7-17(25)21(18(26)8-13)35-20-6-4-15(11-27-20)31(33)34/h3-12H,1-2H3. The summed E-state index contributed by atoms with van der Waals surface area (Å²) in [6, 6.07) is 11.9. The second-order valence-electron chi connectivity index (χ2n) is 7.68. The second-order valence-corrected chi connectivity index (χ2v) is 10.9. The Labute approximate surface area is 235 Å². The third kappa shape index (κ3) is 5.69. The highest BCUT2D eigenvalue weighted by Gasteiger charge is 2.15. The third-order valence-corrected chi connectivity index (χ3v) is 6.93. The quantitative estimate of drug-likeness (QED) is 0.0965. The summed E-state index contributed by atoms with van der Waals surface area (Å²) in [4.78, 5) is 32.2. The Bertz CT molecular complexity index is 1510. The van der Waals surface area contributed by atoms with E-state index < -0.39 is 4.92 Å². The van der Waals surface area contributed by atoms with Crippen LogP contribution in [0.25, 0.3) is 10.9 Å². The topological polar surface area (TPSA) is 113 Å². The Morgan fingerprint density at radius 1 is 1.17 bits per heavy atom. The van der Waals surface area contributed by atoms with E-state index in [1.165, 1.54) is 16.8 Å². The number of nitro groups is 1. The summed E-state index contributed by atoms with van der Waals surface area (Å²) in [6.07, 6.45) is 2.76. The van der Waals surface area contributed by atoms with Crippen molar-refractivity contribution in [2.24, 2.45) is 5.10 Å². The van der Waals surface area contributed by atoms with Crippen LogP contribution in [-0.2, 0) is 0 Å². The highest BCUT2D eigenvalue weighted by Crippen LogP contribution is 2.32. The van der Waals surface area contributed by atoms with Crippen molar-refractivity contribution in [3.05, 3.63) is 92.1 Å². The number of pyridine rings is 1. The molecule has 9 nitrogen and oxygen atoms in total. The van der Waals surface area contributed by atoms with E-state index in [1.54, 1.807) is 12.3 Å². The van der Waals surface area contributed by atoms with E-state index in [1.807, 2.05) is 38.1 Å². The van der Waals surface area contributed by atoms with Crippen molar-refractivity contribution in [3.63, 3.8) is 0 Å². The van der Waals surface area contributed by atoms with Crippen LogP contribution in [0.5, 0.6) is 11.6 Å². The smallest absolute Gasteiger partial charge is 0.287 e. The van der Waals surface area contributed by atoms with E-state index in [9.17, 15) is 14.9 Å². The molecule has 0 radical (unpaired) electrons. The molecule has 4 aromatic rings. The molecule has 178 valence electrons. The van der Waals surface area contributed by atoms with E-state index in [2.05, 4.69) is 76.2 Å². The molecular weight excluding hydrogens is 744 g/mol. The maximum Gasteiger partial charge on any atom is 0.287 e. The van der Waals surface area contributed by atoms with Gasteiger partial charge in [-0.15, -0.1) is 0 Å². The van der Waals surface area contributed by atoms with Crippen LogP contribution in [0.3, 0.4) is 0 Å². The summed E-state index contributed by atoms with van der Waals surface area (Å²) in [7, 11) is 0. The van der Waals surface area contributed by atoms with Gasteiger partial charge in [0.15, 0.2) is 5.75 Å². The molecular formula is C23H16BrI2N5O4. The van der Waals surface area contributed by atoms with Gasteiger partial charge in [0, 0.05) is 22.5 Å². The first-order chi connectivity index (χ1) is 16.6. The van der Waals surface area contributed by atoms with E-state index in [0.717, 1.165) is 23.4 Å². The fraction of sp³-hybridized carbons (Fsp3) is 0.130. The first kappa shape index (κ1) is 25.6. The molecule has 0 amide bonds. The zero-order valence-corrected chi connectivity index (χ0v) is 24.2. The molecule has 0 unspecified atom stereocenters. The highest BCUT2D eigenvalue weighted by atomic mass is 127. The van der Waals surface area contributed by atoms with Crippen LogP contribution in [-0.4, -0.2) is 25.8 Å². The van der Waals surface area contributed by atoms with Gasteiger partial charge in [-0.3, -0.25) is 14.9 Å². The minimum atomic E-state index is -0.516. The van der Waals surface area contributed by atoms with Crippen molar-refractivity contribution in [2.75, 3.05) is 0 Å². The Morgan fingerprint density at radius 2 is 1.89 bits per heavy atom. The lowest BCUT2D eigenvalue weighted by Crippen LogP contribution is -2.23. The monoisotopic (exact) mass is 759 g/mol. The summed E-state index contributed by atoms with van der Waals surface area (Å²) in [6.45, 7) is 3.92. The van der Waals surface area contributed by atoms with Gasteiger partial charge in [0.2, 0.25) is 5.88 Å². The molecule has 0 N–H and O–H groups in total. The molecule has 0 saturated heterocycles. The normalized spacial score (nSPS) is 11.5. The maximum absolute atomic E-state index is 13.2. The summed E-state index contributed by atoms with van der Waals surface area (Å²) in [5, 5.41) is 15.8. The molecule has 0 aliphatic carbocycles. The minimum absolute atomic E-state index is 0.0156. The molecule has 0 saturated carbocycles. The summed E-state index contributed by atoms with van der Waals surface area (Å²) in [5.74, 6) is 1.36. The van der Waals surface area contributed by atoms with E-state index in [4.69, 9.17) is 4.74 Å². The molecule has 12 heteroatoms. The predicted octanol–water partition coefficient (Wildman–Crippen LogP) is 6.47. The largest absolute Gasteiger partial charge is 0.437 e. The van der Waals surface area contributed by atoms with Gasteiger partial charge in [-0.2, -0.15) is 9.78 Å². The number of hydrogen-bond acceptors (Lipinski definition) is 7. The molecule has 0 spiro atoms. The average molecular weight is 760 g/mol. The van der Waals surface area contributed by atoms with Crippen molar-refractivity contribution >= 4 is 83.9 Å². The van der Waals surface area contributed by atoms with Crippen molar-refractivity contribution in [2.45, 2.75) is 19.8 Å². The number of fused-ring (bicyclic) bond motifs is 1. The predicted molar refractivity (Wildman–Crippen MR) is 154 cm³/mol. The Morgan fingerprint density at radius 3 is 2.49 bits per heavy atom. The van der Waals surface area contributed by atoms with Crippen molar-refractivity contribution in [1.29, 1.82) is 0 Å². The molecule has 2 aromatic heterocycles. The zero-order valence-electron chi connectivity index (χ0n) is 18.3. The molecule has 0 aliphatic heterocycles. The molecule has 0 aliphatic rings. The van der Waals surface area contributed by atoms with Crippen LogP contribution in [0.2, 0.25) is 0 Å². The summed E-state index contributed by atoms with van der Waals surface area (Å²) < 4.78 is 9.56. The number of rotatable bonds is 6. The van der Waals surface area contributed by atoms with Crippen LogP contribution in [0.4, 0.5) is 5.69 Å². The van der Waals surface area contributed by atoms with Gasteiger partial charge in [0.05, 0.1) is 29.2 Å². The summed E-state index contributed by atoms with van der Waals surface area (Å²) >= 11 is 7.68. The zero-order chi connectivity index (χ0) is 25.3. The molecule has 2 aromatic carbocycles. The Hall–Kier alpha value is -2.46. The number of halogens is 3. The van der Waals surface area contributed by atoms with Crippen LogP contribution < -0.4 is 10.3 Å². The van der Waals surface area contributed by atoms with Crippen LogP contribution >= 0.6 is 61.1 Å². The number of hydrogen-bond donors (Lipinski definition) is 0. The second kappa shape index (κ2) is 10.7. The molecule has 35 heavy (non-hydrogen) atoms. The maximum atomic E-state index is 13.2. The minimum Gasteiger partial charge on any atom is -0.437 e. The van der Waals surface area contributed by atoms with Gasteiger partial charge >= 0.3 is 0 Å². The average Bonchev–Trinajstić information content (AvgIpc) is 2.81. The molecule has 0 fully saturated rings. The lowest BCUT2D eigenvalue weighted by atomic mass is 10.2.